The first kappa shape index (κ1) is 109. The van der Waals surface area contributed by atoms with Crippen molar-refractivity contribution in [2.75, 3.05) is 33.0 Å². The highest BCUT2D eigenvalue weighted by Crippen LogP contribution is 2.25. The summed E-state index contributed by atoms with van der Waals surface area (Å²) in [6.45, 7) is 13.4. The standard InChI is InChI=1S/C96H178O17/c1-9-16-22-27-31-35-39-43-47-51-55-60-65-71-84(99)94(87(77-97)111-92(104)76-69-59-26-20-13-5)108-80-89(113-93(105)75-64-21-14-6)96(86(101)73-67-62-57-53-49-45-41-37-33-29-24-18-11-3)109-81-88(112-91(103)70-15-7)95(85(100)72-66-61-56-52-48-44-40-36-32-28-23-17-10-2)107-79-83(110-82(8)98)78-106-90(102)74-68-63-58-54-50-46-42-38-34-30-25-19-12-4/h83,87-89,94-97H,9-81H2,1-8H3. The number of carbonyl (C=O) groups excluding carboxylic acids is 8. The number of esters is 5. The first-order valence-electron chi connectivity index (χ1n) is 48.1. The lowest BCUT2D eigenvalue weighted by Gasteiger charge is -2.32. The average molecular weight is 1600 g/mol. The third-order valence-corrected chi connectivity index (χ3v) is 22.1. The number of carbonyl (C=O) groups is 8. The quantitative estimate of drug-likeness (QED) is 0.0339. The van der Waals surface area contributed by atoms with E-state index in [1.54, 1.807) is 0 Å². The number of aliphatic hydroxyl groups is 1. The van der Waals surface area contributed by atoms with Crippen molar-refractivity contribution in [1.29, 1.82) is 0 Å². The molecule has 664 valence electrons. The van der Waals surface area contributed by atoms with Crippen molar-refractivity contribution < 1.29 is 81.4 Å². The predicted octanol–water partition coefficient (Wildman–Crippen LogP) is 25.7. The van der Waals surface area contributed by atoms with Crippen molar-refractivity contribution in [2.45, 2.75) is 535 Å². The molecule has 7 unspecified atom stereocenters. The highest BCUT2D eigenvalue weighted by atomic mass is 16.6. The average Bonchev–Trinajstić information content (AvgIpc) is 0.821. The van der Waals surface area contributed by atoms with E-state index in [4.69, 9.17) is 37.9 Å². The van der Waals surface area contributed by atoms with Crippen LogP contribution in [0.5, 0.6) is 0 Å². The van der Waals surface area contributed by atoms with Gasteiger partial charge < -0.3 is 43.0 Å². The van der Waals surface area contributed by atoms with Crippen LogP contribution >= 0.6 is 0 Å². The Balaban J connectivity index is 7.58. The number of rotatable bonds is 90. The molecular weight excluding hydrogens is 1430 g/mol. The minimum Gasteiger partial charge on any atom is -0.462 e. The molecule has 0 rings (SSSR count). The second-order valence-electron chi connectivity index (χ2n) is 33.2. The Bertz CT molecular complexity index is 2210. The largest absolute Gasteiger partial charge is 0.462 e. The molecule has 0 saturated heterocycles. The summed E-state index contributed by atoms with van der Waals surface area (Å²) in [5.74, 6) is -4.27. The molecule has 0 saturated carbocycles. The van der Waals surface area contributed by atoms with Gasteiger partial charge in [0.25, 0.3) is 0 Å². The van der Waals surface area contributed by atoms with Crippen LogP contribution in [0.1, 0.15) is 492 Å². The summed E-state index contributed by atoms with van der Waals surface area (Å²) in [5.41, 5.74) is 0. The number of ketones is 3. The van der Waals surface area contributed by atoms with E-state index < -0.39 is 116 Å². The van der Waals surface area contributed by atoms with Gasteiger partial charge in [-0.15, -0.1) is 0 Å². The van der Waals surface area contributed by atoms with Gasteiger partial charge in [-0.3, -0.25) is 38.4 Å². The maximum atomic E-state index is 15.3. The molecule has 0 fully saturated rings. The SMILES string of the molecule is CCCCCCCCCCCCCCCC(=O)OCC(COC(C(=O)CCCCCCCCCCCCCCC)C(COC(C(=O)CCCCCCCCCCCCCCC)C(COC(C(=O)CCCCCCCCCCCCCCC)C(CO)OC(=O)CCCCCCC)OC(=O)CCCCC)OC(=O)CCC)OC(C)=O. The summed E-state index contributed by atoms with van der Waals surface area (Å²) in [4.78, 5) is 113. The molecule has 0 bridgehead atoms. The molecule has 0 aromatic heterocycles. The second-order valence-corrected chi connectivity index (χ2v) is 33.2. The molecule has 0 spiro atoms. The Labute approximate surface area is 692 Å². The van der Waals surface area contributed by atoms with Crippen LogP contribution in [-0.2, 0) is 76.3 Å². The molecule has 0 amide bonds. The Morgan fingerprint density at radius 1 is 0.221 bits per heavy atom. The van der Waals surface area contributed by atoms with Crippen molar-refractivity contribution in [3.63, 3.8) is 0 Å². The molecule has 17 heteroatoms. The third-order valence-electron chi connectivity index (χ3n) is 22.1. The number of hydrogen-bond acceptors (Lipinski definition) is 17. The Hall–Kier alpha value is -3.80. The number of aliphatic hydroxyl groups excluding tert-OH is 1. The molecule has 0 radical (unpaired) electrons. The van der Waals surface area contributed by atoms with Crippen molar-refractivity contribution in [3.8, 4) is 0 Å². The van der Waals surface area contributed by atoms with Crippen LogP contribution in [0.2, 0.25) is 0 Å². The third kappa shape index (κ3) is 68.8. The lowest BCUT2D eigenvalue weighted by molar-refractivity contribution is -0.188. The number of ether oxygens (including phenoxy) is 8. The maximum Gasteiger partial charge on any atom is 0.306 e. The number of Topliss-reactive ketones (excluding diaryl/α,β-unsaturated/α-hetero) is 3. The van der Waals surface area contributed by atoms with E-state index in [-0.39, 0.29) is 51.6 Å². The van der Waals surface area contributed by atoms with Gasteiger partial charge in [-0.25, -0.2) is 0 Å². The van der Waals surface area contributed by atoms with Gasteiger partial charge in [0.2, 0.25) is 0 Å². The molecule has 113 heavy (non-hydrogen) atoms. The fraction of sp³-hybridized carbons (Fsp3) is 0.917. The van der Waals surface area contributed by atoms with E-state index in [2.05, 4.69) is 34.6 Å². The van der Waals surface area contributed by atoms with Crippen LogP contribution in [-0.4, -0.2) is 128 Å². The zero-order valence-electron chi connectivity index (χ0n) is 74.6. The van der Waals surface area contributed by atoms with Crippen LogP contribution in [0, 0.1) is 0 Å². The minimum absolute atomic E-state index is 0.000233. The molecule has 17 nitrogen and oxygen atoms in total. The van der Waals surface area contributed by atoms with E-state index in [1.165, 1.54) is 206 Å². The molecule has 0 aliphatic rings. The van der Waals surface area contributed by atoms with Gasteiger partial charge >= 0.3 is 29.8 Å². The Kier molecular flexibility index (Phi) is 80.5. The normalized spacial score (nSPS) is 13.4. The second kappa shape index (κ2) is 83.3. The lowest BCUT2D eigenvalue weighted by atomic mass is 10.00. The first-order chi connectivity index (χ1) is 55.2. The smallest absolute Gasteiger partial charge is 0.306 e. The van der Waals surface area contributed by atoms with E-state index in [9.17, 15) is 33.9 Å². The van der Waals surface area contributed by atoms with Crippen molar-refractivity contribution in [1.82, 2.24) is 0 Å². The predicted molar refractivity (Wildman–Crippen MR) is 461 cm³/mol. The zero-order valence-corrected chi connectivity index (χ0v) is 74.6. The highest BCUT2D eigenvalue weighted by molar-refractivity contribution is 5.86. The van der Waals surface area contributed by atoms with Crippen molar-refractivity contribution >= 4 is 47.2 Å². The van der Waals surface area contributed by atoms with Crippen molar-refractivity contribution in [2.24, 2.45) is 0 Å². The fourth-order valence-corrected chi connectivity index (χ4v) is 14.9. The van der Waals surface area contributed by atoms with E-state index in [1.807, 2.05) is 13.8 Å². The van der Waals surface area contributed by atoms with Crippen LogP contribution in [0.15, 0.2) is 0 Å². The summed E-state index contributed by atoms with van der Waals surface area (Å²) < 4.78 is 49.8. The topological polar surface area (TPSA) is 231 Å². The van der Waals surface area contributed by atoms with Crippen LogP contribution in [0.25, 0.3) is 0 Å². The van der Waals surface area contributed by atoms with Gasteiger partial charge in [0, 0.05) is 51.9 Å². The van der Waals surface area contributed by atoms with Gasteiger partial charge in [-0.1, -0.05) is 395 Å². The van der Waals surface area contributed by atoms with Crippen molar-refractivity contribution in [3.05, 3.63) is 0 Å². The van der Waals surface area contributed by atoms with Crippen LogP contribution in [0.3, 0.4) is 0 Å². The summed E-state index contributed by atoms with van der Waals surface area (Å²) in [7, 11) is 0. The number of unbranched alkanes of at least 4 members (excludes halogenated alkanes) is 54. The molecule has 1 N–H and O–H groups in total. The minimum atomic E-state index is -1.61. The van der Waals surface area contributed by atoms with E-state index in [0.29, 0.717) is 44.9 Å². The molecule has 0 aliphatic carbocycles. The van der Waals surface area contributed by atoms with Gasteiger partial charge in [0.15, 0.2) is 60.1 Å². The summed E-state index contributed by atoms with van der Waals surface area (Å²) in [5, 5.41) is 11.1. The van der Waals surface area contributed by atoms with E-state index in [0.717, 1.165) is 148 Å². The highest BCUT2D eigenvalue weighted by Gasteiger charge is 2.40. The van der Waals surface area contributed by atoms with Crippen LogP contribution in [0.4, 0.5) is 0 Å². The fourth-order valence-electron chi connectivity index (χ4n) is 14.9. The molecule has 0 aliphatic heterocycles. The van der Waals surface area contributed by atoms with Gasteiger partial charge in [-0.2, -0.15) is 0 Å². The Morgan fingerprint density at radius 2 is 0.434 bits per heavy atom. The monoisotopic (exact) mass is 1600 g/mol. The molecule has 0 aromatic rings. The summed E-state index contributed by atoms with van der Waals surface area (Å²) >= 11 is 0. The number of hydrogen-bond donors (Lipinski definition) is 1. The van der Waals surface area contributed by atoms with Gasteiger partial charge in [0.1, 0.15) is 6.61 Å². The van der Waals surface area contributed by atoms with E-state index >= 15 is 9.59 Å². The zero-order chi connectivity index (χ0) is 82.9. The lowest BCUT2D eigenvalue weighted by Crippen LogP contribution is -2.50. The summed E-state index contributed by atoms with van der Waals surface area (Å²) in [6.07, 6.45) is 55.0. The maximum absolute atomic E-state index is 15.3. The molecule has 0 aromatic carbocycles. The molecular formula is C96H178O17. The summed E-state index contributed by atoms with van der Waals surface area (Å²) in [6, 6.07) is 0. The molecule has 7 atom stereocenters. The molecule has 0 heterocycles. The first-order valence-corrected chi connectivity index (χ1v) is 48.1. The van der Waals surface area contributed by atoms with Gasteiger partial charge in [-0.05, 0) is 44.9 Å². The van der Waals surface area contributed by atoms with Crippen LogP contribution < -0.4 is 0 Å². The van der Waals surface area contributed by atoms with Gasteiger partial charge in [0.05, 0.1) is 26.4 Å². The Morgan fingerprint density at radius 3 is 0.699 bits per heavy atom.